The van der Waals surface area contributed by atoms with Gasteiger partial charge >= 0.3 is 11.9 Å². The Morgan fingerprint density at radius 2 is 0.957 bits per heavy atom. The van der Waals surface area contributed by atoms with Crippen molar-refractivity contribution in [3.8, 4) is 0 Å². The molecule has 0 aromatic carbocycles. The zero-order valence-electron chi connectivity index (χ0n) is 15.0. The van der Waals surface area contributed by atoms with Crippen LogP contribution < -0.4 is 0 Å². The summed E-state index contributed by atoms with van der Waals surface area (Å²) in [6.07, 6.45) is 18.1. The summed E-state index contributed by atoms with van der Waals surface area (Å²) in [6, 6.07) is 0. The summed E-state index contributed by atoms with van der Waals surface area (Å²) < 4.78 is 9.22. The van der Waals surface area contributed by atoms with Crippen LogP contribution in [-0.4, -0.2) is 26.2 Å². The Morgan fingerprint density at radius 1 is 0.609 bits per heavy atom. The molecular weight excluding hydrogens is 292 g/mol. The predicted molar refractivity (Wildman–Crippen MR) is 93.2 cm³/mol. The third-order valence-corrected chi connectivity index (χ3v) is 3.88. The largest absolute Gasteiger partial charge is 0.469 e. The number of rotatable bonds is 15. The molecule has 0 atom stereocenters. The van der Waals surface area contributed by atoms with Crippen molar-refractivity contribution in [2.24, 2.45) is 0 Å². The molecule has 0 aliphatic carbocycles. The van der Waals surface area contributed by atoms with E-state index in [-0.39, 0.29) is 11.9 Å². The highest BCUT2D eigenvalue weighted by Gasteiger charge is 1.99. The third kappa shape index (κ3) is 16.9. The summed E-state index contributed by atoms with van der Waals surface area (Å²) in [7, 11) is 2.88. The van der Waals surface area contributed by atoms with Gasteiger partial charge in [0.1, 0.15) is 0 Å². The van der Waals surface area contributed by atoms with Gasteiger partial charge in [-0.2, -0.15) is 0 Å². The Bertz CT molecular complexity index is 323. The van der Waals surface area contributed by atoms with Gasteiger partial charge in [-0.25, -0.2) is 0 Å². The monoisotopic (exact) mass is 326 g/mol. The maximum Gasteiger partial charge on any atom is 0.305 e. The first-order valence-corrected chi connectivity index (χ1v) is 8.99. The van der Waals surface area contributed by atoms with Crippen LogP contribution in [0.5, 0.6) is 0 Å². The molecule has 0 aromatic heterocycles. The Balaban J connectivity index is 3.17. The van der Waals surface area contributed by atoms with Crippen molar-refractivity contribution in [1.29, 1.82) is 0 Å². The number of allylic oxidation sites excluding steroid dienone is 2. The molecule has 0 rings (SSSR count). The molecule has 0 aliphatic heterocycles. The third-order valence-electron chi connectivity index (χ3n) is 3.88. The highest BCUT2D eigenvalue weighted by atomic mass is 16.5. The lowest BCUT2D eigenvalue weighted by atomic mass is 10.1. The zero-order valence-corrected chi connectivity index (χ0v) is 15.0. The molecule has 4 nitrogen and oxygen atoms in total. The fraction of sp³-hybridized carbons (Fsp3) is 0.789. The number of methoxy groups -OCH3 is 2. The highest BCUT2D eigenvalue weighted by molar-refractivity contribution is 5.69. The SMILES string of the molecule is COC(=O)CCCCCCC=CCCCCCCCC(=O)OC. The smallest absolute Gasteiger partial charge is 0.305 e. The quantitative estimate of drug-likeness (QED) is 0.242. The molecule has 0 aliphatic rings. The van der Waals surface area contributed by atoms with Gasteiger partial charge in [-0.05, 0) is 38.5 Å². The van der Waals surface area contributed by atoms with E-state index in [0.717, 1.165) is 38.5 Å². The zero-order chi connectivity index (χ0) is 17.2. The molecule has 134 valence electrons. The van der Waals surface area contributed by atoms with Gasteiger partial charge in [0.25, 0.3) is 0 Å². The topological polar surface area (TPSA) is 52.6 Å². The van der Waals surface area contributed by atoms with E-state index in [2.05, 4.69) is 21.6 Å². The van der Waals surface area contributed by atoms with Gasteiger partial charge in [0, 0.05) is 12.8 Å². The van der Waals surface area contributed by atoms with Crippen LogP contribution in [-0.2, 0) is 19.1 Å². The predicted octanol–water partition coefficient (Wildman–Crippen LogP) is 4.96. The van der Waals surface area contributed by atoms with Gasteiger partial charge in [-0.15, -0.1) is 0 Å². The van der Waals surface area contributed by atoms with Crippen molar-refractivity contribution >= 4 is 11.9 Å². The highest BCUT2D eigenvalue weighted by Crippen LogP contribution is 2.09. The summed E-state index contributed by atoms with van der Waals surface area (Å²) in [4.78, 5) is 21.8. The molecule has 0 aromatic rings. The summed E-state index contributed by atoms with van der Waals surface area (Å²) >= 11 is 0. The van der Waals surface area contributed by atoms with E-state index < -0.39 is 0 Å². The van der Waals surface area contributed by atoms with Crippen molar-refractivity contribution in [3.05, 3.63) is 12.2 Å². The van der Waals surface area contributed by atoms with Crippen molar-refractivity contribution < 1.29 is 19.1 Å². The van der Waals surface area contributed by atoms with Gasteiger partial charge in [0.2, 0.25) is 0 Å². The lowest BCUT2D eigenvalue weighted by molar-refractivity contribution is -0.141. The number of unbranched alkanes of at least 4 members (excludes halogenated alkanes) is 9. The first-order chi connectivity index (χ1) is 11.2. The first kappa shape index (κ1) is 21.7. The standard InChI is InChI=1S/C19H34O4/c1-22-18(20)16-14-12-10-8-6-4-3-5-7-9-11-13-15-17-19(21)23-2/h3-4H,5-17H2,1-2H3. The minimum absolute atomic E-state index is 0.0989. The molecule has 0 saturated carbocycles. The Morgan fingerprint density at radius 3 is 1.35 bits per heavy atom. The lowest BCUT2D eigenvalue weighted by Gasteiger charge is -2.00. The van der Waals surface area contributed by atoms with Gasteiger partial charge < -0.3 is 9.47 Å². The fourth-order valence-corrected chi connectivity index (χ4v) is 2.39. The molecule has 0 bridgehead atoms. The molecule has 0 N–H and O–H groups in total. The van der Waals surface area contributed by atoms with Gasteiger partial charge in [0.15, 0.2) is 0 Å². The molecule has 0 saturated heterocycles. The molecule has 23 heavy (non-hydrogen) atoms. The van der Waals surface area contributed by atoms with E-state index in [0.29, 0.717) is 12.8 Å². The van der Waals surface area contributed by atoms with Crippen molar-refractivity contribution in [2.45, 2.75) is 83.5 Å². The average Bonchev–Trinajstić information content (AvgIpc) is 2.57. The minimum Gasteiger partial charge on any atom is -0.469 e. The average molecular weight is 326 g/mol. The second-order valence-corrected chi connectivity index (χ2v) is 5.88. The summed E-state index contributed by atoms with van der Waals surface area (Å²) in [6.45, 7) is 0. The van der Waals surface area contributed by atoms with E-state index >= 15 is 0 Å². The van der Waals surface area contributed by atoms with Crippen molar-refractivity contribution in [3.63, 3.8) is 0 Å². The van der Waals surface area contributed by atoms with Crippen molar-refractivity contribution in [1.82, 2.24) is 0 Å². The molecule has 0 spiro atoms. The van der Waals surface area contributed by atoms with E-state index in [1.807, 2.05) is 0 Å². The molecular formula is C19H34O4. The maximum atomic E-state index is 10.9. The molecule has 4 heteroatoms. The van der Waals surface area contributed by atoms with Crippen LogP contribution in [0.1, 0.15) is 83.5 Å². The second kappa shape index (κ2) is 17.0. The van der Waals surface area contributed by atoms with E-state index in [1.165, 1.54) is 46.3 Å². The first-order valence-electron chi connectivity index (χ1n) is 8.99. The van der Waals surface area contributed by atoms with Crippen LogP contribution in [0.3, 0.4) is 0 Å². The fourth-order valence-electron chi connectivity index (χ4n) is 2.39. The van der Waals surface area contributed by atoms with Crippen LogP contribution >= 0.6 is 0 Å². The Hall–Kier alpha value is -1.32. The number of carbonyl (C=O) groups excluding carboxylic acids is 2. The number of hydrogen-bond donors (Lipinski definition) is 0. The van der Waals surface area contributed by atoms with Crippen LogP contribution in [0.25, 0.3) is 0 Å². The maximum absolute atomic E-state index is 10.9. The van der Waals surface area contributed by atoms with Crippen molar-refractivity contribution in [2.75, 3.05) is 14.2 Å². The number of ether oxygens (including phenoxy) is 2. The number of hydrogen-bond acceptors (Lipinski definition) is 4. The van der Waals surface area contributed by atoms with Crippen LogP contribution in [0.2, 0.25) is 0 Å². The summed E-state index contributed by atoms with van der Waals surface area (Å²) in [5.41, 5.74) is 0. The Kier molecular flexibility index (Phi) is 16.1. The molecule has 0 unspecified atom stereocenters. The van der Waals surface area contributed by atoms with Gasteiger partial charge in [0.05, 0.1) is 14.2 Å². The molecule has 0 heterocycles. The minimum atomic E-state index is -0.102. The van der Waals surface area contributed by atoms with Crippen LogP contribution in [0.15, 0.2) is 12.2 Å². The van der Waals surface area contributed by atoms with Gasteiger partial charge in [-0.3, -0.25) is 9.59 Å². The number of esters is 2. The second-order valence-electron chi connectivity index (χ2n) is 5.88. The normalized spacial score (nSPS) is 10.9. The van der Waals surface area contributed by atoms with E-state index in [1.54, 1.807) is 0 Å². The van der Waals surface area contributed by atoms with E-state index in [4.69, 9.17) is 0 Å². The van der Waals surface area contributed by atoms with Crippen LogP contribution in [0.4, 0.5) is 0 Å². The number of carbonyl (C=O) groups is 2. The summed E-state index contributed by atoms with van der Waals surface area (Å²) in [5, 5.41) is 0. The Labute approximate surface area is 141 Å². The molecule has 0 amide bonds. The van der Waals surface area contributed by atoms with Crippen LogP contribution in [0, 0.1) is 0 Å². The van der Waals surface area contributed by atoms with Gasteiger partial charge in [-0.1, -0.05) is 44.3 Å². The lowest BCUT2D eigenvalue weighted by Crippen LogP contribution is -1.99. The molecule has 0 fully saturated rings. The van der Waals surface area contributed by atoms with E-state index in [9.17, 15) is 9.59 Å². The molecule has 0 radical (unpaired) electrons. The summed E-state index contributed by atoms with van der Waals surface area (Å²) in [5.74, 6) is -0.201.